The Hall–Kier alpha value is -1.20. The monoisotopic (exact) mass is 308 g/mol. The Bertz CT molecular complexity index is 521. The summed E-state index contributed by atoms with van der Waals surface area (Å²) in [7, 11) is 1.96. The lowest BCUT2D eigenvalue weighted by atomic mass is 10.2. The maximum absolute atomic E-state index is 4.38. The molecule has 0 aliphatic rings. The molecule has 4 nitrogen and oxygen atoms in total. The number of aromatic nitrogens is 3. The Labute approximate surface area is 116 Å². The molecule has 2 rings (SSSR count). The first-order chi connectivity index (χ1) is 8.59. The molecule has 2 aromatic rings. The molecule has 18 heavy (non-hydrogen) atoms. The highest BCUT2D eigenvalue weighted by atomic mass is 79.9. The van der Waals surface area contributed by atoms with Crippen LogP contribution in [0.2, 0.25) is 0 Å². The van der Waals surface area contributed by atoms with Crippen LogP contribution in [0.4, 0.5) is 0 Å². The molecule has 1 unspecified atom stereocenters. The molecule has 0 aliphatic carbocycles. The van der Waals surface area contributed by atoms with Crippen molar-refractivity contribution < 1.29 is 0 Å². The van der Waals surface area contributed by atoms with E-state index in [0.717, 1.165) is 28.1 Å². The zero-order chi connectivity index (χ0) is 13.1. The average molecular weight is 309 g/mol. The molecular formula is C13H17BrN4. The largest absolute Gasteiger partial charge is 0.303 e. The maximum atomic E-state index is 4.38. The summed E-state index contributed by atoms with van der Waals surface area (Å²) in [6.45, 7) is 4.87. The topological polar surface area (TPSA) is 42.7 Å². The summed E-state index contributed by atoms with van der Waals surface area (Å²) in [5, 5.41) is 7.83. The summed E-state index contributed by atoms with van der Waals surface area (Å²) in [5.41, 5.74) is 3.21. The highest BCUT2D eigenvalue weighted by Gasteiger charge is 2.12. The highest BCUT2D eigenvalue weighted by Crippen LogP contribution is 2.20. The lowest BCUT2D eigenvalue weighted by Gasteiger charge is -2.13. The van der Waals surface area contributed by atoms with Crippen LogP contribution in [-0.4, -0.2) is 14.8 Å². The predicted octanol–water partition coefficient (Wildman–Crippen LogP) is 2.74. The van der Waals surface area contributed by atoms with Gasteiger partial charge >= 0.3 is 0 Å². The summed E-state index contributed by atoms with van der Waals surface area (Å²) >= 11 is 3.57. The van der Waals surface area contributed by atoms with Gasteiger partial charge in [0.25, 0.3) is 0 Å². The highest BCUT2D eigenvalue weighted by molar-refractivity contribution is 9.10. The van der Waals surface area contributed by atoms with Gasteiger partial charge in [0.2, 0.25) is 0 Å². The van der Waals surface area contributed by atoms with Gasteiger partial charge in [0.1, 0.15) is 0 Å². The van der Waals surface area contributed by atoms with Crippen LogP contribution in [0, 0.1) is 6.92 Å². The molecular weight excluding hydrogens is 292 g/mol. The number of nitrogens with zero attached hydrogens (tertiary/aromatic N) is 3. The zero-order valence-electron chi connectivity index (χ0n) is 10.8. The summed E-state index contributed by atoms with van der Waals surface area (Å²) in [6.07, 6.45) is 1.82. The first kappa shape index (κ1) is 13.2. The van der Waals surface area contributed by atoms with E-state index in [1.54, 1.807) is 0 Å². The lowest BCUT2D eigenvalue weighted by Crippen LogP contribution is -2.20. The normalized spacial score (nSPS) is 12.7. The Morgan fingerprint density at radius 1 is 1.44 bits per heavy atom. The molecule has 1 N–H and O–H groups in total. The minimum absolute atomic E-state index is 0.216. The zero-order valence-corrected chi connectivity index (χ0v) is 12.4. The SMILES string of the molecule is Cc1nn(C)c(CNC(C)c2ccccn2)c1Br. The Balaban J connectivity index is 2.04. The summed E-state index contributed by atoms with van der Waals surface area (Å²) in [4.78, 5) is 4.34. The first-order valence-corrected chi connectivity index (χ1v) is 6.71. The van der Waals surface area contributed by atoms with E-state index in [2.05, 4.69) is 38.3 Å². The minimum Gasteiger partial charge on any atom is -0.303 e. The number of hydrogen-bond acceptors (Lipinski definition) is 3. The number of halogens is 1. The number of nitrogens with one attached hydrogen (secondary N) is 1. The second-order valence-electron chi connectivity index (χ2n) is 4.33. The van der Waals surface area contributed by atoms with Crippen LogP contribution in [0.25, 0.3) is 0 Å². The van der Waals surface area contributed by atoms with Crippen molar-refractivity contribution in [3.05, 3.63) is 46.0 Å². The summed E-state index contributed by atoms with van der Waals surface area (Å²) in [6, 6.07) is 6.18. The molecule has 0 saturated heterocycles. The molecule has 0 fully saturated rings. The lowest BCUT2D eigenvalue weighted by molar-refractivity contribution is 0.537. The third-order valence-electron chi connectivity index (χ3n) is 2.97. The van der Waals surface area contributed by atoms with Crippen molar-refractivity contribution in [2.75, 3.05) is 0 Å². The fourth-order valence-electron chi connectivity index (χ4n) is 1.86. The van der Waals surface area contributed by atoms with Crippen LogP contribution in [0.3, 0.4) is 0 Å². The molecule has 0 spiro atoms. The first-order valence-electron chi connectivity index (χ1n) is 5.92. The van der Waals surface area contributed by atoms with Gasteiger partial charge in [-0.3, -0.25) is 9.67 Å². The van der Waals surface area contributed by atoms with Crippen molar-refractivity contribution in [3.8, 4) is 0 Å². The average Bonchev–Trinajstić information content (AvgIpc) is 2.62. The number of pyridine rings is 1. The van der Waals surface area contributed by atoms with Gasteiger partial charge in [0.15, 0.2) is 0 Å². The van der Waals surface area contributed by atoms with Gasteiger partial charge in [-0.15, -0.1) is 0 Å². The molecule has 0 saturated carbocycles. The molecule has 0 radical (unpaired) electrons. The Morgan fingerprint density at radius 3 is 2.78 bits per heavy atom. The number of rotatable bonds is 4. The molecule has 5 heteroatoms. The van der Waals surface area contributed by atoms with Gasteiger partial charge in [-0.2, -0.15) is 5.10 Å². The third kappa shape index (κ3) is 2.79. The van der Waals surface area contributed by atoms with Gasteiger partial charge in [-0.25, -0.2) is 0 Å². The van der Waals surface area contributed by atoms with Gasteiger partial charge < -0.3 is 5.32 Å². The van der Waals surface area contributed by atoms with Gasteiger partial charge in [0, 0.05) is 25.8 Å². The molecule has 0 amide bonds. The van der Waals surface area contributed by atoms with Crippen LogP contribution in [-0.2, 0) is 13.6 Å². The van der Waals surface area contributed by atoms with E-state index >= 15 is 0 Å². The predicted molar refractivity (Wildman–Crippen MR) is 75.1 cm³/mol. The Kier molecular flexibility index (Phi) is 4.14. The third-order valence-corrected chi connectivity index (χ3v) is 4.00. The smallest absolute Gasteiger partial charge is 0.0739 e. The van der Waals surface area contributed by atoms with Crippen LogP contribution < -0.4 is 5.32 Å². The van der Waals surface area contributed by atoms with Crippen LogP contribution in [0.15, 0.2) is 28.9 Å². The second-order valence-corrected chi connectivity index (χ2v) is 5.12. The van der Waals surface area contributed by atoms with Crippen molar-refractivity contribution in [3.63, 3.8) is 0 Å². The van der Waals surface area contributed by atoms with Gasteiger partial charge in [-0.05, 0) is 41.9 Å². The van der Waals surface area contributed by atoms with E-state index in [9.17, 15) is 0 Å². The Morgan fingerprint density at radius 2 is 2.22 bits per heavy atom. The van der Waals surface area contributed by atoms with E-state index in [-0.39, 0.29) is 6.04 Å². The molecule has 96 valence electrons. The van der Waals surface area contributed by atoms with Crippen LogP contribution in [0.1, 0.15) is 30.0 Å². The van der Waals surface area contributed by atoms with Crippen molar-refractivity contribution in [2.45, 2.75) is 26.4 Å². The summed E-state index contributed by atoms with van der Waals surface area (Å²) in [5.74, 6) is 0. The number of hydrogen-bond donors (Lipinski definition) is 1. The molecule has 2 aromatic heterocycles. The molecule has 2 heterocycles. The van der Waals surface area contributed by atoms with Gasteiger partial charge in [-0.1, -0.05) is 6.07 Å². The number of aryl methyl sites for hydroxylation is 2. The molecule has 0 bridgehead atoms. The van der Waals surface area contributed by atoms with E-state index in [1.807, 2.05) is 43.0 Å². The van der Waals surface area contributed by atoms with Crippen LogP contribution >= 0.6 is 15.9 Å². The summed E-state index contributed by atoms with van der Waals surface area (Å²) < 4.78 is 2.98. The van der Waals surface area contributed by atoms with Gasteiger partial charge in [0.05, 0.1) is 21.6 Å². The van der Waals surface area contributed by atoms with E-state index < -0.39 is 0 Å². The van der Waals surface area contributed by atoms with Crippen molar-refractivity contribution >= 4 is 15.9 Å². The minimum atomic E-state index is 0.216. The fraction of sp³-hybridized carbons (Fsp3) is 0.385. The van der Waals surface area contributed by atoms with Crippen LogP contribution in [0.5, 0.6) is 0 Å². The second kappa shape index (κ2) is 5.63. The van der Waals surface area contributed by atoms with Crippen molar-refractivity contribution in [2.24, 2.45) is 7.05 Å². The standard InChI is InChI=1S/C13H17BrN4/c1-9(11-6-4-5-7-15-11)16-8-12-13(14)10(2)17-18(12)3/h4-7,9,16H,8H2,1-3H3. The molecule has 0 aliphatic heterocycles. The van der Waals surface area contributed by atoms with Crippen molar-refractivity contribution in [1.82, 2.24) is 20.1 Å². The maximum Gasteiger partial charge on any atom is 0.0739 e. The quantitative estimate of drug-likeness (QED) is 0.944. The van der Waals surface area contributed by atoms with E-state index in [4.69, 9.17) is 0 Å². The van der Waals surface area contributed by atoms with E-state index in [1.165, 1.54) is 0 Å². The van der Waals surface area contributed by atoms with Crippen molar-refractivity contribution in [1.29, 1.82) is 0 Å². The molecule has 1 atom stereocenters. The molecule has 0 aromatic carbocycles. The fourth-order valence-corrected chi connectivity index (χ4v) is 2.33. The van der Waals surface area contributed by atoms with E-state index in [0.29, 0.717) is 0 Å².